The Labute approximate surface area is 203 Å². The topological polar surface area (TPSA) is 76.0 Å². The van der Waals surface area contributed by atoms with Crippen LogP contribution in [0.4, 0.5) is 0 Å². The largest absolute Gasteiger partial charge is 0.507 e. The molecule has 33 heavy (non-hydrogen) atoms. The monoisotopic (exact) mass is 485 g/mol. The van der Waals surface area contributed by atoms with E-state index in [1.165, 1.54) is 28.9 Å². The number of hydrogen-bond donors (Lipinski definition) is 3. The van der Waals surface area contributed by atoms with Gasteiger partial charge in [-0.15, -0.1) is 11.3 Å². The zero-order chi connectivity index (χ0) is 23.0. The van der Waals surface area contributed by atoms with Gasteiger partial charge in [0.25, 0.3) is 5.91 Å². The van der Waals surface area contributed by atoms with Crippen LogP contribution in [0, 0.1) is 0 Å². The Balaban J connectivity index is 1.13. The second-order valence-electron chi connectivity index (χ2n) is 8.25. The zero-order valence-corrected chi connectivity index (χ0v) is 20.3. The first-order valence-electron chi connectivity index (χ1n) is 11.4. The lowest BCUT2D eigenvalue weighted by Gasteiger charge is -2.34. The summed E-state index contributed by atoms with van der Waals surface area (Å²) < 4.78 is 0. The summed E-state index contributed by atoms with van der Waals surface area (Å²) >= 11 is 3.87. The molecule has 2 heterocycles. The molecule has 3 N–H and O–H groups in total. The van der Waals surface area contributed by atoms with Gasteiger partial charge in [-0.1, -0.05) is 18.2 Å². The maximum Gasteiger partial charge on any atom is 0.255 e. The Morgan fingerprint density at radius 3 is 2.52 bits per heavy atom. The Morgan fingerprint density at radius 1 is 0.970 bits per heavy atom. The maximum absolute atomic E-state index is 12.6. The first-order valence-corrected chi connectivity index (χ1v) is 13.4. The molecule has 0 radical (unpaired) electrons. The van der Waals surface area contributed by atoms with Crippen molar-refractivity contribution in [1.82, 2.24) is 15.1 Å². The van der Waals surface area contributed by atoms with Crippen LogP contribution in [-0.4, -0.2) is 83.2 Å². The van der Waals surface area contributed by atoms with Crippen molar-refractivity contribution < 1.29 is 15.0 Å². The lowest BCUT2D eigenvalue weighted by Crippen LogP contribution is -2.48. The molecule has 0 aliphatic carbocycles. The molecule has 0 bridgehead atoms. The van der Waals surface area contributed by atoms with Gasteiger partial charge in [0.2, 0.25) is 0 Å². The summed E-state index contributed by atoms with van der Waals surface area (Å²) in [5.41, 5.74) is 0.231. The highest BCUT2D eigenvalue weighted by Crippen LogP contribution is 2.30. The first kappa shape index (κ1) is 23.9. The van der Waals surface area contributed by atoms with Crippen LogP contribution in [-0.2, 0) is 6.42 Å². The highest BCUT2D eigenvalue weighted by Gasteiger charge is 2.17. The van der Waals surface area contributed by atoms with Crippen LogP contribution in [0.15, 0.2) is 47.8 Å². The molecule has 1 aliphatic rings. The fourth-order valence-corrected chi connectivity index (χ4v) is 5.86. The molecule has 0 saturated carbocycles. The molecule has 8 heteroatoms. The number of rotatable bonds is 10. The van der Waals surface area contributed by atoms with Crippen LogP contribution < -0.4 is 5.32 Å². The van der Waals surface area contributed by atoms with E-state index in [9.17, 15) is 15.0 Å². The van der Waals surface area contributed by atoms with Gasteiger partial charge < -0.3 is 15.5 Å². The number of aryl methyl sites for hydroxylation is 1. The number of thioether (sulfide) groups is 1. The van der Waals surface area contributed by atoms with Crippen molar-refractivity contribution >= 4 is 39.8 Å². The van der Waals surface area contributed by atoms with E-state index in [1.807, 2.05) is 29.2 Å². The average molecular weight is 486 g/mol. The smallest absolute Gasteiger partial charge is 0.255 e. The Morgan fingerprint density at radius 2 is 1.76 bits per heavy atom. The number of phenols is 2. The van der Waals surface area contributed by atoms with E-state index >= 15 is 0 Å². The predicted molar refractivity (Wildman–Crippen MR) is 138 cm³/mol. The SMILES string of the molecule is O=C(NCCN1CCN(CCSCCc2cccs2)CC1)c1cc2cccc(O)c2cc1O. The summed E-state index contributed by atoms with van der Waals surface area (Å²) in [5, 5.41) is 26.5. The Bertz CT molecular complexity index is 1050. The van der Waals surface area contributed by atoms with Gasteiger partial charge >= 0.3 is 0 Å². The van der Waals surface area contributed by atoms with Crippen LogP contribution in [0.5, 0.6) is 11.5 Å². The number of carbonyl (C=O) groups excluding carboxylic acids is 1. The van der Waals surface area contributed by atoms with Crippen molar-refractivity contribution in [2.45, 2.75) is 6.42 Å². The van der Waals surface area contributed by atoms with Gasteiger partial charge in [0.05, 0.1) is 5.56 Å². The van der Waals surface area contributed by atoms with Crippen LogP contribution in [0.25, 0.3) is 10.8 Å². The highest BCUT2D eigenvalue weighted by atomic mass is 32.2. The third kappa shape index (κ3) is 6.63. The molecule has 0 unspecified atom stereocenters. The molecule has 1 aliphatic heterocycles. The number of nitrogens with zero attached hydrogens (tertiary/aromatic N) is 2. The number of hydrogen-bond acceptors (Lipinski definition) is 7. The van der Waals surface area contributed by atoms with Crippen LogP contribution in [0.3, 0.4) is 0 Å². The summed E-state index contributed by atoms with van der Waals surface area (Å²) in [4.78, 5) is 18.9. The molecule has 3 aromatic rings. The third-order valence-electron chi connectivity index (χ3n) is 6.02. The van der Waals surface area contributed by atoms with E-state index in [2.05, 4.69) is 32.6 Å². The molecule has 0 spiro atoms. The molecule has 2 aromatic carbocycles. The van der Waals surface area contributed by atoms with Crippen molar-refractivity contribution in [2.24, 2.45) is 0 Å². The first-order chi connectivity index (χ1) is 16.1. The number of aromatic hydroxyl groups is 2. The summed E-state index contributed by atoms with van der Waals surface area (Å²) in [6, 6.07) is 12.5. The lowest BCUT2D eigenvalue weighted by molar-refractivity contribution is 0.0935. The van der Waals surface area contributed by atoms with Crippen molar-refractivity contribution in [3.05, 3.63) is 58.3 Å². The van der Waals surface area contributed by atoms with Crippen molar-refractivity contribution in [3.63, 3.8) is 0 Å². The second kappa shape index (κ2) is 11.7. The fraction of sp³-hybridized carbons (Fsp3) is 0.400. The molecular weight excluding hydrogens is 454 g/mol. The molecule has 176 valence electrons. The number of fused-ring (bicyclic) bond motifs is 1. The van der Waals surface area contributed by atoms with Gasteiger partial charge in [-0.05, 0) is 47.2 Å². The van der Waals surface area contributed by atoms with Gasteiger partial charge in [-0.25, -0.2) is 0 Å². The number of amides is 1. The van der Waals surface area contributed by atoms with E-state index in [0.29, 0.717) is 11.9 Å². The standard InChI is InChI=1S/C25H31N3O3S2/c29-23-5-1-3-19-17-22(24(30)18-21(19)23)25(31)26-7-8-27-9-11-28(12-10-27)13-16-32-15-6-20-4-2-14-33-20/h1-5,14,17-18,29-30H,6-13,15-16H2,(H,26,31). The number of piperazine rings is 1. The van der Waals surface area contributed by atoms with E-state index in [1.54, 1.807) is 18.2 Å². The number of nitrogens with one attached hydrogen (secondary N) is 1. The van der Waals surface area contributed by atoms with E-state index in [0.717, 1.165) is 44.7 Å². The highest BCUT2D eigenvalue weighted by molar-refractivity contribution is 7.99. The molecule has 4 rings (SSSR count). The number of phenolic OH excluding ortho intramolecular Hbond substituents is 2. The van der Waals surface area contributed by atoms with Gasteiger partial charge in [0.1, 0.15) is 11.5 Å². The van der Waals surface area contributed by atoms with Crippen LogP contribution in [0.2, 0.25) is 0 Å². The van der Waals surface area contributed by atoms with Gasteiger partial charge in [-0.3, -0.25) is 14.6 Å². The minimum atomic E-state index is -0.295. The normalized spacial score (nSPS) is 15.2. The van der Waals surface area contributed by atoms with Crippen LogP contribution in [0.1, 0.15) is 15.2 Å². The summed E-state index contributed by atoms with van der Waals surface area (Å²) in [6.45, 7) is 6.62. The predicted octanol–water partition coefficient (Wildman–Crippen LogP) is 3.64. The van der Waals surface area contributed by atoms with Gasteiger partial charge in [0.15, 0.2) is 0 Å². The van der Waals surface area contributed by atoms with E-state index in [4.69, 9.17) is 0 Å². The Hall–Kier alpha value is -2.26. The van der Waals surface area contributed by atoms with Gasteiger partial charge in [-0.2, -0.15) is 11.8 Å². The van der Waals surface area contributed by atoms with E-state index in [-0.39, 0.29) is 23.0 Å². The minimum Gasteiger partial charge on any atom is -0.507 e. The lowest BCUT2D eigenvalue weighted by atomic mass is 10.0. The zero-order valence-electron chi connectivity index (χ0n) is 18.7. The molecular formula is C25H31N3O3S2. The van der Waals surface area contributed by atoms with Crippen molar-refractivity contribution in [3.8, 4) is 11.5 Å². The summed E-state index contributed by atoms with van der Waals surface area (Å²) in [7, 11) is 0. The molecule has 1 aromatic heterocycles. The molecule has 0 atom stereocenters. The Kier molecular flexibility index (Phi) is 8.50. The average Bonchev–Trinajstić information content (AvgIpc) is 3.34. The maximum atomic E-state index is 12.6. The molecule has 6 nitrogen and oxygen atoms in total. The molecule has 1 saturated heterocycles. The van der Waals surface area contributed by atoms with Crippen molar-refractivity contribution in [2.75, 3.05) is 57.3 Å². The number of carbonyl (C=O) groups is 1. The van der Waals surface area contributed by atoms with Crippen LogP contribution >= 0.6 is 23.1 Å². The molecule has 1 fully saturated rings. The number of benzene rings is 2. The third-order valence-corrected chi connectivity index (χ3v) is 7.92. The fourth-order valence-electron chi connectivity index (χ4n) is 4.06. The summed E-state index contributed by atoms with van der Waals surface area (Å²) in [6.07, 6.45) is 1.17. The summed E-state index contributed by atoms with van der Waals surface area (Å²) in [5.74, 6) is 2.04. The van der Waals surface area contributed by atoms with E-state index < -0.39 is 0 Å². The quantitative estimate of drug-likeness (QED) is 0.381. The second-order valence-corrected chi connectivity index (χ2v) is 10.5. The minimum absolute atomic E-state index is 0.0888. The van der Waals surface area contributed by atoms with Gasteiger partial charge in [0, 0.05) is 61.8 Å². The molecule has 1 amide bonds. The number of thiophene rings is 1. The van der Waals surface area contributed by atoms with Crippen molar-refractivity contribution in [1.29, 1.82) is 0 Å².